The first-order valence-corrected chi connectivity index (χ1v) is 8.29. The largest absolute Gasteiger partial charge is 0.312 e. The Hall–Kier alpha value is -1.71. The smallest absolute Gasteiger partial charge is 0.0734 e. The first kappa shape index (κ1) is 14.2. The fraction of sp³-hybridized carbons (Fsp3) is 0.278. The zero-order valence-corrected chi connectivity index (χ0v) is 13.1. The molecule has 1 aromatic carbocycles. The quantitative estimate of drug-likeness (QED) is 0.690. The zero-order chi connectivity index (χ0) is 14.5. The molecule has 2 aromatic heterocycles. The topological polar surface area (TPSA) is 24.9 Å². The number of thiophene rings is 1. The number of fused-ring (bicyclic) bond motifs is 1. The zero-order valence-electron chi connectivity index (χ0n) is 12.3. The van der Waals surface area contributed by atoms with Crippen molar-refractivity contribution in [3.63, 3.8) is 0 Å². The average molecular weight is 296 g/mol. The van der Waals surface area contributed by atoms with Crippen molar-refractivity contribution in [2.24, 2.45) is 0 Å². The lowest BCUT2D eigenvalue weighted by atomic mass is 10.1. The van der Waals surface area contributed by atoms with E-state index < -0.39 is 0 Å². The summed E-state index contributed by atoms with van der Waals surface area (Å²) in [6.45, 7) is 4.15. The third-order valence-corrected chi connectivity index (χ3v) is 4.88. The van der Waals surface area contributed by atoms with E-state index in [1.165, 1.54) is 20.7 Å². The summed E-state index contributed by atoms with van der Waals surface area (Å²) in [6, 6.07) is 15.0. The third kappa shape index (κ3) is 3.49. The molecular weight excluding hydrogens is 276 g/mol. The molecular formula is C18H20N2S. The SMILES string of the molecule is CCc1ccc(CNCCc2cccc3cccnc23)s1. The van der Waals surface area contributed by atoms with E-state index in [2.05, 4.69) is 53.6 Å². The third-order valence-electron chi connectivity index (χ3n) is 3.65. The number of nitrogens with zero attached hydrogens (tertiary/aromatic N) is 1. The van der Waals surface area contributed by atoms with Gasteiger partial charge in [0.15, 0.2) is 0 Å². The lowest BCUT2D eigenvalue weighted by Crippen LogP contribution is -2.16. The van der Waals surface area contributed by atoms with Crippen molar-refractivity contribution >= 4 is 22.2 Å². The summed E-state index contributed by atoms with van der Waals surface area (Å²) in [5, 5.41) is 4.76. The molecule has 0 unspecified atom stereocenters. The summed E-state index contributed by atoms with van der Waals surface area (Å²) in [7, 11) is 0. The number of rotatable bonds is 6. The highest BCUT2D eigenvalue weighted by atomic mass is 32.1. The number of aromatic nitrogens is 1. The summed E-state index contributed by atoms with van der Waals surface area (Å²) in [6.07, 6.45) is 4.02. The van der Waals surface area contributed by atoms with Crippen LogP contribution in [0.3, 0.4) is 0 Å². The molecule has 0 fully saturated rings. The van der Waals surface area contributed by atoms with Crippen LogP contribution in [0.25, 0.3) is 10.9 Å². The van der Waals surface area contributed by atoms with Crippen molar-refractivity contribution in [1.29, 1.82) is 0 Å². The molecule has 0 bridgehead atoms. The Bertz CT molecular complexity index is 713. The van der Waals surface area contributed by atoms with Crippen LogP contribution in [0.5, 0.6) is 0 Å². The minimum atomic E-state index is 0.961. The van der Waals surface area contributed by atoms with Gasteiger partial charge < -0.3 is 5.32 Å². The maximum atomic E-state index is 4.51. The van der Waals surface area contributed by atoms with E-state index in [0.29, 0.717) is 0 Å². The van der Waals surface area contributed by atoms with E-state index in [4.69, 9.17) is 0 Å². The number of aryl methyl sites for hydroxylation is 1. The van der Waals surface area contributed by atoms with Crippen LogP contribution in [0, 0.1) is 0 Å². The molecule has 0 saturated carbocycles. The summed E-state index contributed by atoms with van der Waals surface area (Å²) in [5.41, 5.74) is 2.45. The van der Waals surface area contributed by atoms with Crippen LogP contribution in [0.1, 0.15) is 22.2 Å². The molecule has 0 spiro atoms. The van der Waals surface area contributed by atoms with Crippen LogP contribution in [0.2, 0.25) is 0 Å². The fourth-order valence-corrected chi connectivity index (χ4v) is 3.44. The van der Waals surface area contributed by atoms with Crippen LogP contribution in [0.4, 0.5) is 0 Å². The molecule has 0 aliphatic heterocycles. The van der Waals surface area contributed by atoms with Crippen LogP contribution in [-0.2, 0) is 19.4 Å². The fourth-order valence-electron chi connectivity index (χ4n) is 2.51. The molecule has 3 aromatic rings. The van der Waals surface area contributed by atoms with Gasteiger partial charge in [-0.25, -0.2) is 0 Å². The molecule has 3 heteroatoms. The van der Waals surface area contributed by atoms with E-state index >= 15 is 0 Å². The van der Waals surface area contributed by atoms with Crippen molar-refractivity contribution in [3.05, 3.63) is 64.0 Å². The summed E-state index contributed by atoms with van der Waals surface area (Å²) in [4.78, 5) is 7.39. The number of benzene rings is 1. The maximum absolute atomic E-state index is 4.51. The molecule has 0 aliphatic rings. The first-order chi connectivity index (χ1) is 10.4. The van der Waals surface area contributed by atoms with Gasteiger partial charge in [0.1, 0.15) is 0 Å². The molecule has 0 radical (unpaired) electrons. The molecule has 21 heavy (non-hydrogen) atoms. The first-order valence-electron chi connectivity index (χ1n) is 7.47. The molecule has 0 amide bonds. The number of hydrogen-bond acceptors (Lipinski definition) is 3. The van der Waals surface area contributed by atoms with Crippen molar-refractivity contribution in [1.82, 2.24) is 10.3 Å². The number of hydrogen-bond donors (Lipinski definition) is 1. The van der Waals surface area contributed by atoms with Gasteiger partial charge >= 0.3 is 0 Å². The van der Waals surface area contributed by atoms with Gasteiger partial charge in [0.25, 0.3) is 0 Å². The molecule has 0 aliphatic carbocycles. The second-order valence-electron chi connectivity index (χ2n) is 5.14. The summed E-state index contributed by atoms with van der Waals surface area (Å²) < 4.78 is 0. The Morgan fingerprint density at radius 2 is 1.90 bits per heavy atom. The number of nitrogens with one attached hydrogen (secondary N) is 1. The van der Waals surface area contributed by atoms with Crippen molar-refractivity contribution < 1.29 is 0 Å². The number of para-hydroxylation sites is 1. The second kappa shape index (κ2) is 6.83. The van der Waals surface area contributed by atoms with Gasteiger partial charge in [0.2, 0.25) is 0 Å². The van der Waals surface area contributed by atoms with Crippen molar-refractivity contribution in [2.75, 3.05) is 6.54 Å². The van der Waals surface area contributed by atoms with E-state index in [0.717, 1.165) is 31.4 Å². The molecule has 0 atom stereocenters. The Kier molecular flexibility index (Phi) is 4.63. The van der Waals surface area contributed by atoms with Gasteiger partial charge in [-0.3, -0.25) is 4.98 Å². The average Bonchev–Trinajstić information content (AvgIpc) is 3.00. The van der Waals surface area contributed by atoms with Crippen LogP contribution < -0.4 is 5.32 Å². The second-order valence-corrected chi connectivity index (χ2v) is 6.39. The highest BCUT2D eigenvalue weighted by Gasteiger charge is 2.02. The van der Waals surface area contributed by atoms with Gasteiger partial charge in [-0.2, -0.15) is 0 Å². The van der Waals surface area contributed by atoms with Crippen LogP contribution in [-0.4, -0.2) is 11.5 Å². The van der Waals surface area contributed by atoms with Crippen molar-refractivity contribution in [3.8, 4) is 0 Å². The monoisotopic (exact) mass is 296 g/mol. The summed E-state index contributed by atoms with van der Waals surface area (Å²) in [5.74, 6) is 0. The molecule has 2 nitrogen and oxygen atoms in total. The van der Waals surface area contributed by atoms with E-state index in [1.807, 2.05) is 23.6 Å². The molecule has 0 saturated heterocycles. The highest BCUT2D eigenvalue weighted by Crippen LogP contribution is 2.17. The lowest BCUT2D eigenvalue weighted by molar-refractivity contribution is 0.695. The predicted octanol–water partition coefficient (Wildman–Crippen LogP) is 4.19. The molecule has 108 valence electrons. The highest BCUT2D eigenvalue weighted by molar-refractivity contribution is 7.11. The predicted molar refractivity (Wildman–Crippen MR) is 90.9 cm³/mol. The minimum absolute atomic E-state index is 0.961. The summed E-state index contributed by atoms with van der Waals surface area (Å²) >= 11 is 1.91. The van der Waals surface area contributed by atoms with Gasteiger partial charge in [-0.05, 0) is 43.1 Å². The van der Waals surface area contributed by atoms with Crippen LogP contribution >= 0.6 is 11.3 Å². The van der Waals surface area contributed by atoms with E-state index in [-0.39, 0.29) is 0 Å². The Morgan fingerprint density at radius 1 is 1.05 bits per heavy atom. The lowest BCUT2D eigenvalue weighted by Gasteiger charge is -2.06. The number of pyridine rings is 1. The molecule has 2 heterocycles. The Balaban J connectivity index is 1.57. The standard InChI is InChI=1S/C18H20N2S/c1-2-16-8-9-17(21-16)13-19-12-10-15-6-3-5-14-7-4-11-20-18(14)15/h3-9,11,19H,2,10,12-13H2,1H3. The van der Waals surface area contributed by atoms with Gasteiger partial charge in [0, 0.05) is 27.9 Å². The van der Waals surface area contributed by atoms with Gasteiger partial charge in [-0.1, -0.05) is 31.2 Å². The van der Waals surface area contributed by atoms with E-state index in [1.54, 1.807) is 0 Å². The Morgan fingerprint density at radius 3 is 2.76 bits per heavy atom. The van der Waals surface area contributed by atoms with Crippen LogP contribution in [0.15, 0.2) is 48.7 Å². The minimum Gasteiger partial charge on any atom is -0.312 e. The Labute approximate surface area is 129 Å². The van der Waals surface area contributed by atoms with Gasteiger partial charge in [-0.15, -0.1) is 11.3 Å². The molecule has 3 rings (SSSR count). The van der Waals surface area contributed by atoms with Crippen molar-refractivity contribution in [2.45, 2.75) is 26.3 Å². The van der Waals surface area contributed by atoms with E-state index in [9.17, 15) is 0 Å². The molecule has 1 N–H and O–H groups in total. The van der Waals surface area contributed by atoms with Gasteiger partial charge in [0.05, 0.1) is 5.52 Å². The normalized spacial score (nSPS) is 11.1. The maximum Gasteiger partial charge on any atom is 0.0734 e.